The SMILES string of the molecule is COCCNS(=O)(=O)c1ccc(O[C@@H](C)C(=O)N2CCOCC2)cc1. The third-order valence-electron chi connectivity index (χ3n) is 3.72. The normalized spacial score (nSPS) is 16.5. The molecule has 1 aliphatic heterocycles. The van der Waals surface area contributed by atoms with E-state index in [0.717, 1.165) is 0 Å². The summed E-state index contributed by atoms with van der Waals surface area (Å²) in [6, 6.07) is 5.95. The third kappa shape index (κ3) is 5.67. The van der Waals surface area contributed by atoms with Crippen LogP contribution < -0.4 is 9.46 Å². The first-order chi connectivity index (χ1) is 11.9. The van der Waals surface area contributed by atoms with Gasteiger partial charge in [-0.1, -0.05) is 0 Å². The van der Waals surface area contributed by atoms with E-state index < -0.39 is 16.1 Å². The predicted molar refractivity (Wildman–Crippen MR) is 91.0 cm³/mol. The molecule has 1 atom stereocenters. The van der Waals surface area contributed by atoms with E-state index in [2.05, 4.69) is 4.72 Å². The zero-order valence-corrected chi connectivity index (χ0v) is 15.3. The van der Waals surface area contributed by atoms with Gasteiger partial charge < -0.3 is 19.1 Å². The highest BCUT2D eigenvalue weighted by Crippen LogP contribution is 2.18. The molecule has 0 unspecified atom stereocenters. The Morgan fingerprint density at radius 1 is 1.28 bits per heavy atom. The molecule has 0 bridgehead atoms. The lowest BCUT2D eigenvalue weighted by atomic mass is 10.3. The van der Waals surface area contributed by atoms with Crippen LogP contribution in [0, 0.1) is 0 Å². The summed E-state index contributed by atoms with van der Waals surface area (Å²) in [6.45, 7) is 4.33. The van der Waals surface area contributed by atoms with E-state index in [4.69, 9.17) is 14.2 Å². The molecule has 1 aromatic rings. The highest BCUT2D eigenvalue weighted by molar-refractivity contribution is 7.89. The van der Waals surface area contributed by atoms with E-state index in [1.807, 2.05) is 0 Å². The quantitative estimate of drug-likeness (QED) is 0.657. The van der Waals surface area contributed by atoms with E-state index in [9.17, 15) is 13.2 Å². The molecular weight excluding hydrogens is 348 g/mol. The summed E-state index contributed by atoms with van der Waals surface area (Å²) in [5, 5.41) is 0. The lowest BCUT2D eigenvalue weighted by Gasteiger charge is -2.29. The Balaban J connectivity index is 1.94. The number of benzene rings is 1. The van der Waals surface area contributed by atoms with Gasteiger partial charge in [0.2, 0.25) is 10.0 Å². The number of rotatable bonds is 8. The lowest BCUT2D eigenvalue weighted by Crippen LogP contribution is -2.46. The van der Waals surface area contributed by atoms with Gasteiger partial charge in [0.05, 0.1) is 24.7 Å². The second kappa shape index (κ2) is 9.14. The molecule has 0 spiro atoms. The Morgan fingerprint density at radius 2 is 1.92 bits per heavy atom. The zero-order chi connectivity index (χ0) is 18.3. The van der Waals surface area contributed by atoms with Gasteiger partial charge in [-0.2, -0.15) is 0 Å². The largest absolute Gasteiger partial charge is 0.481 e. The van der Waals surface area contributed by atoms with Crippen LogP contribution in [0.25, 0.3) is 0 Å². The summed E-state index contributed by atoms with van der Waals surface area (Å²) in [5.74, 6) is 0.325. The summed E-state index contributed by atoms with van der Waals surface area (Å²) < 4.78 is 42.3. The molecule has 0 aromatic heterocycles. The molecule has 0 aliphatic carbocycles. The van der Waals surface area contributed by atoms with E-state index in [0.29, 0.717) is 38.7 Å². The Labute approximate surface area is 148 Å². The summed E-state index contributed by atoms with van der Waals surface area (Å²) in [5.41, 5.74) is 0. The van der Waals surface area contributed by atoms with E-state index in [1.165, 1.54) is 31.4 Å². The van der Waals surface area contributed by atoms with E-state index >= 15 is 0 Å². The molecule has 1 saturated heterocycles. The van der Waals surface area contributed by atoms with Crippen LogP contribution in [0.4, 0.5) is 0 Å². The van der Waals surface area contributed by atoms with Crippen LogP contribution in [0.5, 0.6) is 5.75 Å². The topological polar surface area (TPSA) is 94.2 Å². The van der Waals surface area contributed by atoms with Crippen molar-refractivity contribution in [1.82, 2.24) is 9.62 Å². The van der Waals surface area contributed by atoms with Crippen molar-refractivity contribution in [3.63, 3.8) is 0 Å². The molecule has 8 nitrogen and oxygen atoms in total. The van der Waals surface area contributed by atoms with Crippen LogP contribution in [0.15, 0.2) is 29.2 Å². The Hall–Kier alpha value is -1.68. The first-order valence-electron chi connectivity index (χ1n) is 8.06. The minimum Gasteiger partial charge on any atom is -0.481 e. The van der Waals surface area contributed by atoms with Crippen molar-refractivity contribution >= 4 is 15.9 Å². The molecule has 1 aromatic carbocycles. The maximum absolute atomic E-state index is 12.3. The molecule has 0 radical (unpaired) electrons. The summed E-state index contributed by atoms with van der Waals surface area (Å²) in [7, 11) is -2.09. The van der Waals surface area contributed by atoms with Crippen LogP contribution in [0.1, 0.15) is 6.92 Å². The van der Waals surface area contributed by atoms with Crippen molar-refractivity contribution in [3.05, 3.63) is 24.3 Å². The van der Waals surface area contributed by atoms with Crippen LogP contribution in [0.3, 0.4) is 0 Å². The monoisotopic (exact) mass is 372 g/mol. The van der Waals surface area contributed by atoms with Crippen molar-refractivity contribution < 1.29 is 27.4 Å². The number of morpholine rings is 1. The lowest BCUT2D eigenvalue weighted by molar-refractivity contribution is -0.142. The molecule has 1 aliphatic rings. The van der Waals surface area contributed by atoms with Gasteiger partial charge in [-0.15, -0.1) is 0 Å². The first kappa shape index (κ1) is 19.6. The highest BCUT2D eigenvalue weighted by atomic mass is 32.2. The predicted octanol–water partition coefficient (Wildman–Crippen LogP) is 0.237. The number of carbonyl (C=O) groups is 1. The fourth-order valence-electron chi connectivity index (χ4n) is 2.35. The van der Waals surface area contributed by atoms with Crippen LogP contribution >= 0.6 is 0 Å². The summed E-state index contributed by atoms with van der Waals surface area (Å²) >= 11 is 0. The number of hydrogen-bond acceptors (Lipinski definition) is 6. The van der Waals surface area contributed by atoms with Gasteiger partial charge in [-0.05, 0) is 31.2 Å². The van der Waals surface area contributed by atoms with Crippen LogP contribution in [0.2, 0.25) is 0 Å². The molecule has 2 rings (SSSR count). The summed E-state index contributed by atoms with van der Waals surface area (Å²) in [4.78, 5) is 14.1. The average molecular weight is 372 g/mol. The van der Waals surface area contributed by atoms with Gasteiger partial charge in [-0.3, -0.25) is 4.79 Å². The van der Waals surface area contributed by atoms with Gasteiger partial charge in [-0.25, -0.2) is 13.1 Å². The van der Waals surface area contributed by atoms with Crippen molar-refractivity contribution in [3.8, 4) is 5.75 Å². The standard InChI is InChI=1S/C16H24N2O6S/c1-13(16(19)18-8-11-23-12-9-18)24-14-3-5-15(6-4-14)25(20,21)17-7-10-22-2/h3-6,13,17H,7-12H2,1-2H3/t13-/m0/s1. The van der Waals surface area contributed by atoms with Crippen molar-refractivity contribution in [2.24, 2.45) is 0 Å². The van der Waals surface area contributed by atoms with Crippen molar-refractivity contribution in [1.29, 1.82) is 0 Å². The number of hydrogen-bond donors (Lipinski definition) is 1. The van der Waals surface area contributed by atoms with Gasteiger partial charge in [0.25, 0.3) is 5.91 Å². The zero-order valence-electron chi connectivity index (χ0n) is 14.4. The van der Waals surface area contributed by atoms with E-state index in [1.54, 1.807) is 11.8 Å². The van der Waals surface area contributed by atoms with Crippen LogP contribution in [-0.2, 0) is 24.3 Å². The second-order valence-corrected chi connectivity index (χ2v) is 7.33. The van der Waals surface area contributed by atoms with Crippen molar-refractivity contribution in [2.75, 3.05) is 46.6 Å². The number of carbonyl (C=O) groups excluding carboxylic acids is 1. The molecular formula is C16H24N2O6S. The number of sulfonamides is 1. The molecule has 1 heterocycles. The highest BCUT2D eigenvalue weighted by Gasteiger charge is 2.24. The van der Waals surface area contributed by atoms with Gasteiger partial charge >= 0.3 is 0 Å². The molecule has 25 heavy (non-hydrogen) atoms. The molecule has 9 heteroatoms. The third-order valence-corrected chi connectivity index (χ3v) is 5.19. The Morgan fingerprint density at radius 3 is 2.52 bits per heavy atom. The molecule has 1 amide bonds. The van der Waals surface area contributed by atoms with Crippen LogP contribution in [-0.4, -0.2) is 71.9 Å². The van der Waals surface area contributed by atoms with Crippen molar-refractivity contribution in [2.45, 2.75) is 17.9 Å². The number of methoxy groups -OCH3 is 1. The molecule has 140 valence electrons. The van der Waals surface area contributed by atoms with Gasteiger partial charge in [0, 0.05) is 26.7 Å². The number of nitrogens with zero attached hydrogens (tertiary/aromatic N) is 1. The maximum Gasteiger partial charge on any atom is 0.263 e. The second-order valence-electron chi connectivity index (χ2n) is 5.56. The Kier molecular flexibility index (Phi) is 7.18. The first-order valence-corrected chi connectivity index (χ1v) is 9.54. The van der Waals surface area contributed by atoms with Gasteiger partial charge in [0.15, 0.2) is 6.10 Å². The fourth-order valence-corrected chi connectivity index (χ4v) is 3.37. The van der Waals surface area contributed by atoms with Gasteiger partial charge in [0.1, 0.15) is 5.75 Å². The number of nitrogens with one attached hydrogen (secondary N) is 1. The maximum atomic E-state index is 12.3. The van der Waals surface area contributed by atoms with E-state index in [-0.39, 0.29) is 17.3 Å². The molecule has 1 N–H and O–H groups in total. The number of ether oxygens (including phenoxy) is 3. The molecule has 0 saturated carbocycles. The minimum absolute atomic E-state index is 0.110. The Bertz CT molecular complexity index is 656. The average Bonchev–Trinajstić information content (AvgIpc) is 2.62. The smallest absolute Gasteiger partial charge is 0.263 e. The number of amides is 1. The fraction of sp³-hybridized carbons (Fsp3) is 0.562. The minimum atomic E-state index is -3.59. The summed E-state index contributed by atoms with van der Waals surface area (Å²) in [6.07, 6.45) is -0.652. The molecule has 1 fully saturated rings.